The van der Waals surface area contributed by atoms with Gasteiger partial charge in [-0.05, 0) is 61.8 Å². The van der Waals surface area contributed by atoms with Gasteiger partial charge in [-0.2, -0.15) is 0 Å². The summed E-state index contributed by atoms with van der Waals surface area (Å²) in [6.07, 6.45) is 8.03. The molecule has 0 radical (unpaired) electrons. The quantitative estimate of drug-likeness (QED) is 0.610. The van der Waals surface area contributed by atoms with Gasteiger partial charge in [0.05, 0.1) is 0 Å². The first-order chi connectivity index (χ1) is 10.1. The van der Waals surface area contributed by atoms with Crippen LogP contribution in [0.5, 0.6) is 5.75 Å². The minimum atomic E-state index is -0.234. The van der Waals surface area contributed by atoms with E-state index in [-0.39, 0.29) is 5.97 Å². The van der Waals surface area contributed by atoms with Crippen molar-refractivity contribution in [2.24, 2.45) is 0 Å². The number of hydrogen-bond acceptors (Lipinski definition) is 3. The second kappa shape index (κ2) is 5.55. The average Bonchev–Trinajstić information content (AvgIpc) is 2.84. The highest BCUT2D eigenvalue weighted by Gasteiger charge is 2.25. The van der Waals surface area contributed by atoms with E-state index in [1.54, 1.807) is 0 Å². The number of carbonyl (C=O) groups excluding carboxylic acids is 1. The summed E-state index contributed by atoms with van der Waals surface area (Å²) in [7, 11) is 2.13. The standard InChI is InChI=1S/C18H23NO2/c1-12-15-9-10-19(3)17(15)11-16(18(12)21-13(2)20)14-7-5-4-6-8-14/h7,11H,4-6,8-10H2,1-3H3. The summed E-state index contributed by atoms with van der Waals surface area (Å²) < 4.78 is 5.59. The van der Waals surface area contributed by atoms with Gasteiger partial charge in [0, 0.05) is 31.8 Å². The number of nitrogens with zero attached hydrogens (tertiary/aromatic N) is 1. The molecule has 2 aliphatic rings. The molecule has 0 atom stereocenters. The van der Waals surface area contributed by atoms with E-state index in [4.69, 9.17) is 4.74 Å². The van der Waals surface area contributed by atoms with E-state index < -0.39 is 0 Å². The molecule has 3 rings (SSSR count). The van der Waals surface area contributed by atoms with Crippen LogP contribution in [0.3, 0.4) is 0 Å². The second-order valence-electron chi connectivity index (χ2n) is 6.12. The van der Waals surface area contributed by atoms with E-state index in [9.17, 15) is 4.79 Å². The summed E-state index contributed by atoms with van der Waals surface area (Å²) in [5.41, 5.74) is 6.21. The molecule has 0 N–H and O–H groups in total. The minimum absolute atomic E-state index is 0.234. The van der Waals surface area contributed by atoms with Crippen molar-refractivity contribution in [3.05, 3.63) is 28.8 Å². The Morgan fingerprint density at radius 2 is 2.10 bits per heavy atom. The van der Waals surface area contributed by atoms with E-state index in [1.807, 2.05) is 0 Å². The summed E-state index contributed by atoms with van der Waals surface area (Å²) in [6.45, 7) is 4.61. The Morgan fingerprint density at radius 1 is 1.29 bits per heavy atom. The molecule has 1 aliphatic carbocycles. The zero-order valence-electron chi connectivity index (χ0n) is 13.2. The number of benzene rings is 1. The van der Waals surface area contributed by atoms with Gasteiger partial charge in [-0.15, -0.1) is 0 Å². The van der Waals surface area contributed by atoms with Crippen LogP contribution in [0.25, 0.3) is 5.57 Å². The molecule has 0 unspecified atom stereocenters. The Bertz CT molecular complexity index is 616. The molecule has 0 saturated carbocycles. The van der Waals surface area contributed by atoms with Crippen LogP contribution in [0.4, 0.5) is 5.69 Å². The molecule has 3 nitrogen and oxygen atoms in total. The van der Waals surface area contributed by atoms with Crippen LogP contribution in [0, 0.1) is 6.92 Å². The van der Waals surface area contributed by atoms with Crippen molar-refractivity contribution in [3.63, 3.8) is 0 Å². The number of hydrogen-bond donors (Lipinski definition) is 0. The summed E-state index contributed by atoms with van der Waals surface area (Å²) >= 11 is 0. The summed E-state index contributed by atoms with van der Waals surface area (Å²) in [4.78, 5) is 13.8. The largest absolute Gasteiger partial charge is 0.426 e. The van der Waals surface area contributed by atoms with Gasteiger partial charge in [-0.3, -0.25) is 4.79 Å². The normalized spacial score (nSPS) is 17.5. The SMILES string of the molecule is CC(=O)Oc1c(C2=CCCCC2)cc2c(c1C)CCN2C. The van der Waals surface area contributed by atoms with Gasteiger partial charge in [0.25, 0.3) is 0 Å². The maximum atomic E-state index is 11.5. The Kier molecular flexibility index (Phi) is 3.75. The van der Waals surface area contributed by atoms with Gasteiger partial charge >= 0.3 is 5.97 Å². The van der Waals surface area contributed by atoms with E-state index in [1.165, 1.54) is 36.6 Å². The molecule has 0 spiro atoms. The third-order valence-electron chi connectivity index (χ3n) is 4.62. The first-order valence-corrected chi connectivity index (χ1v) is 7.83. The number of carbonyl (C=O) groups is 1. The molecular formula is C18H23NO2. The fourth-order valence-corrected chi connectivity index (χ4v) is 3.47. The van der Waals surface area contributed by atoms with Crippen molar-refractivity contribution in [2.45, 2.75) is 46.0 Å². The van der Waals surface area contributed by atoms with Gasteiger partial charge in [-0.1, -0.05) is 6.08 Å². The minimum Gasteiger partial charge on any atom is -0.426 e. The molecule has 21 heavy (non-hydrogen) atoms. The molecule has 1 aromatic rings. The number of rotatable bonds is 2. The number of fused-ring (bicyclic) bond motifs is 1. The second-order valence-corrected chi connectivity index (χ2v) is 6.12. The summed E-state index contributed by atoms with van der Waals surface area (Å²) in [5.74, 6) is 0.548. The lowest BCUT2D eigenvalue weighted by molar-refractivity contribution is -0.131. The van der Waals surface area contributed by atoms with Gasteiger partial charge in [-0.25, -0.2) is 0 Å². The monoisotopic (exact) mass is 285 g/mol. The van der Waals surface area contributed by atoms with Gasteiger partial charge in [0.1, 0.15) is 5.75 Å². The van der Waals surface area contributed by atoms with E-state index in [0.717, 1.165) is 42.7 Å². The van der Waals surface area contributed by atoms with E-state index in [2.05, 4.69) is 31.0 Å². The Labute approximate surface area is 126 Å². The summed E-state index contributed by atoms with van der Waals surface area (Å²) in [6, 6.07) is 2.23. The molecule has 0 fully saturated rings. The van der Waals surface area contributed by atoms with Crippen LogP contribution < -0.4 is 9.64 Å². The number of allylic oxidation sites excluding steroid dienone is 2. The third kappa shape index (κ3) is 2.57. The smallest absolute Gasteiger partial charge is 0.308 e. The summed E-state index contributed by atoms with van der Waals surface area (Å²) in [5, 5.41) is 0. The first kappa shape index (κ1) is 14.2. The van der Waals surface area contributed by atoms with Crippen LogP contribution >= 0.6 is 0 Å². The molecule has 1 heterocycles. The lowest BCUT2D eigenvalue weighted by Crippen LogP contribution is -2.13. The predicted molar refractivity (Wildman–Crippen MR) is 85.9 cm³/mol. The molecular weight excluding hydrogens is 262 g/mol. The van der Waals surface area contributed by atoms with Crippen LogP contribution in [-0.4, -0.2) is 19.6 Å². The van der Waals surface area contributed by atoms with E-state index in [0.29, 0.717) is 0 Å². The molecule has 3 heteroatoms. The Balaban J connectivity index is 2.16. The van der Waals surface area contributed by atoms with Crippen molar-refractivity contribution in [1.82, 2.24) is 0 Å². The molecule has 1 aliphatic heterocycles. The first-order valence-electron chi connectivity index (χ1n) is 7.83. The van der Waals surface area contributed by atoms with Gasteiger partial charge < -0.3 is 9.64 Å². The zero-order chi connectivity index (χ0) is 15.0. The number of likely N-dealkylation sites (N-methyl/N-ethyl adjacent to an activating group) is 1. The Morgan fingerprint density at radius 3 is 2.76 bits per heavy atom. The predicted octanol–water partition coefficient (Wildman–Crippen LogP) is 3.87. The van der Waals surface area contributed by atoms with Crippen LogP contribution in [0.1, 0.15) is 49.3 Å². The molecule has 0 bridgehead atoms. The van der Waals surface area contributed by atoms with Crippen LogP contribution in [0.2, 0.25) is 0 Å². The van der Waals surface area contributed by atoms with Gasteiger partial charge in [0.2, 0.25) is 0 Å². The maximum absolute atomic E-state index is 11.5. The van der Waals surface area contributed by atoms with Crippen molar-refractivity contribution >= 4 is 17.2 Å². The number of anilines is 1. The zero-order valence-corrected chi connectivity index (χ0v) is 13.2. The average molecular weight is 285 g/mol. The Hall–Kier alpha value is -1.77. The topological polar surface area (TPSA) is 29.5 Å². The van der Waals surface area contributed by atoms with Crippen LogP contribution in [-0.2, 0) is 11.2 Å². The highest BCUT2D eigenvalue weighted by molar-refractivity contribution is 5.82. The highest BCUT2D eigenvalue weighted by atomic mass is 16.5. The molecule has 0 saturated heterocycles. The van der Waals surface area contributed by atoms with E-state index >= 15 is 0 Å². The molecule has 112 valence electrons. The van der Waals surface area contributed by atoms with Gasteiger partial charge in [0.15, 0.2) is 0 Å². The fourth-order valence-electron chi connectivity index (χ4n) is 3.47. The third-order valence-corrected chi connectivity index (χ3v) is 4.62. The maximum Gasteiger partial charge on any atom is 0.308 e. The van der Waals surface area contributed by atoms with Crippen LogP contribution in [0.15, 0.2) is 12.1 Å². The molecule has 0 amide bonds. The van der Waals surface area contributed by atoms with Crippen molar-refractivity contribution in [1.29, 1.82) is 0 Å². The van der Waals surface area contributed by atoms with Crippen molar-refractivity contribution in [3.8, 4) is 5.75 Å². The number of esters is 1. The number of ether oxygens (including phenoxy) is 1. The fraction of sp³-hybridized carbons (Fsp3) is 0.500. The molecule has 0 aromatic heterocycles. The lowest BCUT2D eigenvalue weighted by atomic mass is 9.90. The molecule has 1 aromatic carbocycles. The lowest BCUT2D eigenvalue weighted by Gasteiger charge is -2.21. The van der Waals surface area contributed by atoms with Crippen molar-refractivity contribution < 1.29 is 9.53 Å². The highest BCUT2D eigenvalue weighted by Crippen LogP contribution is 2.42. The van der Waals surface area contributed by atoms with Crippen molar-refractivity contribution in [2.75, 3.05) is 18.5 Å².